The minimum Gasteiger partial charge on any atom is -0.481 e. The van der Waals surface area contributed by atoms with E-state index in [2.05, 4.69) is 5.32 Å². The van der Waals surface area contributed by atoms with E-state index in [0.29, 0.717) is 6.42 Å². The Morgan fingerprint density at radius 2 is 2.28 bits per heavy atom. The van der Waals surface area contributed by atoms with E-state index in [1.54, 1.807) is 29.6 Å². The summed E-state index contributed by atoms with van der Waals surface area (Å²) in [4.78, 5) is 23.3. The maximum atomic E-state index is 11.6. The van der Waals surface area contributed by atoms with Crippen molar-refractivity contribution in [2.75, 3.05) is 0 Å². The Kier molecular flexibility index (Phi) is 3.94. The van der Waals surface area contributed by atoms with Crippen molar-refractivity contribution in [3.05, 3.63) is 40.6 Å². The summed E-state index contributed by atoms with van der Waals surface area (Å²) >= 11 is 1.55. The third kappa shape index (κ3) is 3.30. The van der Waals surface area contributed by atoms with E-state index in [9.17, 15) is 9.59 Å². The van der Waals surface area contributed by atoms with Crippen LogP contribution in [0.5, 0.6) is 0 Å². The van der Waals surface area contributed by atoms with Crippen LogP contribution in [-0.4, -0.2) is 23.0 Å². The largest absolute Gasteiger partial charge is 0.481 e. The van der Waals surface area contributed by atoms with Crippen LogP contribution in [0.2, 0.25) is 0 Å². The van der Waals surface area contributed by atoms with Crippen molar-refractivity contribution in [3.8, 4) is 0 Å². The molecule has 0 saturated heterocycles. The van der Waals surface area contributed by atoms with E-state index in [4.69, 9.17) is 5.11 Å². The summed E-state index contributed by atoms with van der Waals surface area (Å²) in [5.41, 5.74) is 0. The van der Waals surface area contributed by atoms with Gasteiger partial charge in [0, 0.05) is 17.0 Å². The molecule has 1 aliphatic rings. The van der Waals surface area contributed by atoms with Crippen LogP contribution < -0.4 is 5.32 Å². The lowest BCUT2D eigenvalue weighted by atomic mass is 10.1. The highest BCUT2D eigenvalue weighted by molar-refractivity contribution is 7.10. The van der Waals surface area contributed by atoms with E-state index in [1.165, 1.54) is 6.08 Å². The number of carboxylic acids is 1. The molecule has 1 aliphatic carbocycles. The van der Waals surface area contributed by atoms with Gasteiger partial charge in [-0.1, -0.05) is 18.2 Å². The van der Waals surface area contributed by atoms with Gasteiger partial charge in [0.25, 0.3) is 0 Å². The summed E-state index contributed by atoms with van der Waals surface area (Å²) in [5.74, 6) is -1.54. The molecule has 0 radical (unpaired) electrons. The quantitative estimate of drug-likeness (QED) is 0.644. The van der Waals surface area contributed by atoms with Crippen molar-refractivity contribution >= 4 is 29.3 Å². The number of hydrogen-bond acceptors (Lipinski definition) is 3. The number of carboxylic acid groups (broad SMARTS) is 1. The number of carbonyl (C=O) groups excluding carboxylic acids is 1. The van der Waals surface area contributed by atoms with Crippen LogP contribution in [0.1, 0.15) is 11.3 Å². The molecular formula is C13H13NO3S. The average molecular weight is 263 g/mol. The molecular weight excluding hydrogens is 250 g/mol. The molecule has 2 N–H and O–H groups in total. The molecule has 2 unspecified atom stereocenters. The third-order valence-electron chi connectivity index (χ3n) is 2.67. The van der Waals surface area contributed by atoms with Crippen molar-refractivity contribution in [3.63, 3.8) is 0 Å². The van der Waals surface area contributed by atoms with E-state index in [-0.39, 0.29) is 11.9 Å². The van der Waals surface area contributed by atoms with Gasteiger partial charge in [-0.25, -0.2) is 0 Å². The Hall–Kier alpha value is -1.88. The molecule has 0 fully saturated rings. The first-order valence-corrected chi connectivity index (χ1v) is 6.46. The fourth-order valence-electron chi connectivity index (χ4n) is 1.76. The van der Waals surface area contributed by atoms with Crippen molar-refractivity contribution in [1.82, 2.24) is 5.32 Å². The van der Waals surface area contributed by atoms with Gasteiger partial charge in [-0.15, -0.1) is 11.3 Å². The lowest BCUT2D eigenvalue weighted by Gasteiger charge is -2.09. The van der Waals surface area contributed by atoms with E-state index >= 15 is 0 Å². The molecule has 0 aliphatic heterocycles. The Balaban J connectivity index is 1.83. The molecule has 0 saturated carbocycles. The summed E-state index contributed by atoms with van der Waals surface area (Å²) in [6.07, 6.45) is 6.99. The smallest absolute Gasteiger partial charge is 0.310 e. The maximum absolute atomic E-state index is 11.6. The van der Waals surface area contributed by atoms with Gasteiger partial charge in [0.2, 0.25) is 5.91 Å². The van der Waals surface area contributed by atoms with Crippen LogP contribution >= 0.6 is 11.3 Å². The molecule has 0 spiro atoms. The highest BCUT2D eigenvalue weighted by Gasteiger charge is 2.24. The van der Waals surface area contributed by atoms with Crippen molar-refractivity contribution < 1.29 is 14.7 Å². The molecule has 0 bridgehead atoms. The van der Waals surface area contributed by atoms with Crippen LogP contribution in [0.25, 0.3) is 6.08 Å². The van der Waals surface area contributed by atoms with E-state index in [1.807, 2.05) is 17.5 Å². The fourth-order valence-corrected chi connectivity index (χ4v) is 2.38. The number of aliphatic carboxylic acids is 1. The lowest BCUT2D eigenvalue weighted by Crippen LogP contribution is -2.31. The second-order valence-corrected chi connectivity index (χ2v) is 5.01. The lowest BCUT2D eigenvalue weighted by molar-refractivity contribution is -0.140. The van der Waals surface area contributed by atoms with Crippen molar-refractivity contribution in [1.29, 1.82) is 0 Å². The van der Waals surface area contributed by atoms with E-state index in [0.717, 1.165) is 4.88 Å². The van der Waals surface area contributed by atoms with Crippen LogP contribution in [0.4, 0.5) is 0 Å². The molecule has 1 heterocycles. The van der Waals surface area contributed by atoms with Gasteiger partial charge >= 0.3 is 5.97 Å². The summed E-state index contributed by atoms with van der Waals surface area (Å²) in [6.45, 7) is 0. The maximum Gasteiger partial charge on any atom is 0.310 e. The molecule has 94 valence electrons. The molecule has 18 heavy (non-hydrogen) atoms. The number of nitrogens with one attached hydrogen (secondary N) is 1. The Labute approximate surface area is 109 Å². The van der Waals surface area contributed by atoms with Gasteiger partial charge in [0.05, 0.1) is 5.92 Å². The molecule has 1 amide bonds. The SMILES string of the molecule is O=C(C=Cc1cccs1)NC1C=CC(C(=O)O)C1. The minimum absolute atomic E-state index is 0.188. The monoisotopic (exact) mass is 263 g/mol. The van der Waals surface area contributed by atoms with Gasteiger partial charge in [0.15, 0.2) is 0 Å². The second-order valence-electron chi connectivity index (χ2n) is 4.03. The average Bonchev–Trinajstić information content (AvgIpc) is 2.96. The zero-order valence-electron chi connectivity index (χ0n) is 9.58. The van der Waals surface area contributed by atoms with Crippen LogP contribution in [0, 0.1) is 5.92 Å². The molecule has 2 rings (SSSR count). The Bertz CT molecular complexity index is 490. The van der Waals surface area contributed by atoms with Gasteiger partial charge in [0.1, 0.15) is 0 Å². The first-order chi connectivity index (χ1) is 8.65. The Morgan fingerprint density at radius 3 is 2.89 bits per heavy atom. The summed E-state index contributed by atoms with van der Waals surface area (Å²) in [6, 6.07) is 3.65. The molecule has 4 nitrogen and oxygen atoms in total. The molecule has 1 aromatic heterocycles. The highest BCUT2D eigenvalue weighted by atomic mass is 32.1. The van der Waals surface area contributed by atoms with Gasteiger partial charge in [-0.05, 0) is 23.9 Å². The van der Waals surface area contributed by atoms with Crippen molar-refractivity contribution in [2.24, 2.45) is 5.92 Å². The summed E-state index contributed by atoms with van der Waals surface area (Å²) in [5, 5.41) is 13.5. The third-order valence-corrected chi connectivity index (χ3v) is 3.51. The van der Waals surface area contributed by atoms with Crippen LogP contribution in [0.15, 0.2) is 35.7 Å². The Morgan fingerprint density at radius 1 is 1.44 bits per heavy atom. The summed E-state index contributed by atoms with van der Waals surface area (Å²) < 4.78 is 0. The highest BCUT2D eigenvalue weighted by Crippen LogP contribution is 2.18. The van der Waals surface area contributed by atoms with Gasteiger partial charge in [-0.2, -0.15) is 0 Å². The predicted octanol–water partition coefficient (Wildman–Crippen LogP) is 1.91. The van der Waals surface area contributed by atoms with Crippen molar-refractivity contribution in [2.45, 2.75) is 12.5 Å². The normalized spacial score (nSPS) is 22.4. The van der Waals surface area contributed by atoms with Gasteiger partial charge < -0.3 is 10.4 Å². The zero-order chi connectivity index (χ0) is 13.0. The van der Waals surface area contributed by atoms with Crippen LogP contribution in [-0.2, 0) is 9.59 Å². The minimum atomic E-state index is -0.850. The predicted molar refractivity (Wildman–Crippen MR) is 70.2 cm³/mol. The van der Waals surface area contributed by atoms with E-state index < -0.39 is 11.9 Å². The fraction of sp³-hybridized carbons (Fsp3) is 0.231. The second kappa shape index (κ2) is 5.64. The standard InChI is InChI=1S/C13H13NO3S/c15-12(6-5-11-2-1-7-18-11)14-10-4-3-9(8-10)13(16)17/h1-7,9-10H,8H2,(H,14,15)(H,16,17). The molecule has 5 heteroatoms. The number of hydrogen-bond donors (Lipinski definition) is 2. The zero-order valence-corrected chi connectivity index (χ0v) is 10.4. The number of amides is 1. The van der Waals surface area contributed by atoms with Crippen LogP contribution in [0.3, 0.4) is 0 Å². The number of carbonyl (C=O) groups is 2. The number of thiophene rings is 1. The van der Waals surface area contributed by atoms with Gasteiger partial charge in [-0.3, -0.25) is 9.59 Å². The molecule has 0 aromatic carbocycles. The molecule has 2 atom stereocenters. The topological polar surface area (TPSA) is 66.4 Å². The molecule has 1 aromatic rings. The number of rotatable bonds is 4. The first-order valence-electron chi connectivity index (χ1n) is 5.58. The first kappa shape index (κ1) is 12.6. The summed E-state index contributed by atoms with van der Waals surface area (Å²) in [7, 11) is 0.